The van der Waals surface area contributed by atoms with Crippen LogP contribution in [0.4, 0.5) is 5.69 Å². The molecule has 0 unspecified atom stereocenters. The van der Waals surface area contributed by atoms with Gasteiger partial charge < -0.3 is 14.8 Å². The molecule has 154 valence electrons. The second kappa shape index (κ2) is 7.96. The summed E-state index contributed by atoms with van der Waals surface area (Å²) in [5, 5.41) is 4.23. The van der Waals surface area contributed by atoms with Crippen LogP contribution < -0.4 is 10.2 Å². The fourth-order valence-electron chi connectivity index (χ4n) is 4.27. The fourth-order valence-corrected chi connectivity index (χ4v) is 4.61. The van der Waals surface area contributed by atoms with Crippen molar-refractivity contribution in [3.05, 3.63) is 108 Å². The lowest BCUT2D eigenvalue weighted by Gasteiger charge is -2.29. The van der Waals surface area contributed by atoms with Gasteiger partial charge in [-0.15, -0.1) is 0 Å². The molecule has 1 aliphatic rings. The number of benzene rings is 1. The summed E-state index contributed by atoms with van der Waals surface area (Å²) in [5.74, 6) is 0. The molecule has 1 N–H and O–H groups in total. The summed E-state index contributed by atoms with van der Waals surface area (Å²) in [6, 6.07) is 22.7. The zero-order chi connectivity index (χ0) is 21.4. The summed E-state index contributed by atoms with van der Waals surface area (Å²) in [5.41, 5.74) is 6.54. The van der Waals surface area contributed by atoms with Crippen LogP contribution in [0, 0.1) is 13.8 Å². The van der Waals surface area contributed by atoms with E-state index in [2.05, 4.69) is 87.1 Å². The molecule has 0 aliphatic carbocycles. The van der Waals surface area contributed by atoms with Gasteiger partial charge in [-0.2, -0.15) is 0 Å². The molecule has 1 aliphatic heterocycles. The maximum atomic E-state index is 5.84. The van der Waals surface area contributed by atoms with Gasteiger partial charge in [0.05, 0.1) is 23.6 Å². The number of pyridine rings is 2. The van der Waals surface area contributed by atoms with Crippen LogP contribution in [-0.2, 0) is 0 Å². The van der Waals surface area contributed by atoms with E-state index in [9.17, 15) is 0 Å². The van der Waals surface area contributed by atoms with Crippen molar-refractivity contribution in [1.82, 2.24) is 19.9 Å². The highest BCUT2D eigenvalue weighted by molar-refractivity contribution is 7.80. The van der Waals surface area contributed by atoms with Crippen LogP contribution in [0.3, 0.4) is 0 Å². The smallest absolute Gasteiger partial charge is 0.174 e. The minimum absolute atomic E-state index is 0.0704. The SMILES string of the molecule is Cc1ccc(N2C(=S)N[C@H](c3ccccn3)[C@H]2c2ccc(C)n2-c2cccnc2)cc1. The predicted molar refractivity (Wildman–Crippen MR) is 127 cm³/mol. The summed E-state index contributed by atoms with van der Waals surface area (Å²) in [6.45, 7) is 4.21. The van der Waals surface area contributed by atoms with E-state index < -0.39 is 0 Å². The third kappa shape index (κ3) is 3.49. The maximum Gasteiger partial charge on any atom is 0.174 e. The molecule has 0 saturated carbocycles. The first-order valence-electron chi connectivity index (χ1n) is 10.3. The zero-order valence-electron chi connectivity index (χ0n) is 17.4. The number of anilines is 1. The molecule has 1 fully saturated rings. The Hall–Kier alpha value is -3.51. The Morgan fingerprint density at radius 3 is 2.42 bits per heavy atom. The van der Waals surface area contributed by atoms with Gasteiger partial charge in [0.25, 0.3) is 0 Å². The number of rotatable bonds is 4. The summed E-state index contributed by atoms with van der Waals surface area (Å²) < 4.78 is 2.25. The second-order valence-electron chi connectivity index (χ2n) is 7.78. The van der Waals surface area contributed by atoms with E-state index in [1.54, 1.807) is 6.20 Å². The average Bonchev–Trinajstić information content (AvgIpc) is 3.35. The van der Waals surface area contributed by atoms with Crippen molar-refractivity contribution in [2.24, 2.45) is 0 Å². The van der Waals surface area contributed by atoms with E-state index in [0.29, 0.717) is 5.11 Å². The highest BCUT2D eigenvalue weighted by Crippen LogP contribution is 2.42. The van der Waals surface area contributed by atoms with Crippen LogP contribution in [0.15, 0.2) is 85.3 Å². The summed E-state index contributed by atoms with van der Waals surface area (Å²) in [4.78, 5) is 11.2. The first kappa shape index (κ1) is 19.5. The van der Waals surface area contributed by atoms with Crippen LogP contribution in [-0.4, -0.2) is 19.6 Å². The Labute approximate surface area is 187 Å². The average molecular weight is 426 g/mol. The van der Waals surface area contributed by atoms with Gasteiger partial charge in [0.1, 0.15) is 6.04 Å². The van der Waals surface area contributed by atoms with Crippen molar-refractivity contribution in [3.63, 3.8) is 0 Å². The molecule has 0 bridgehead atoms. The van der Waals surface area contributed by atoms with Crippen molar-refractivity contribution in [1.29, 1.82) is 0 Å². The standard InChI is InChI=1S/C25H23N5S/c1-17-8-11-19(12-9-17)30-24(23(28-25(30)31)21-7-3-4-15-27-21)22-13-10-18(2)29(22)20-6-5-14-26-16-20/h3-16,23-24H,1-2H3,(H,28,31)/t23-,24-/m1/s1. The number of thiocarbonyl (C=S) groups is 1. The van der Waals surface area contributed by atoms with Crippen molar-refractivity contribution in [2.45, 2.75) is 25.9 Å². The Bertz CT molecular complexity index is 1200. The van der Waals surface area contributed by atoms with Gasteiger partial charge in [0.15, 0.2) is 5.11 Å². The molecular weight excluding hydrogens is 402 g/mol. The van der Waals surface area contributed by atoms with Gasteiger partial charge in [-0.05, 0) is 74.6 Å². The van der Waals surface area contributed by atoms with Gasteiger partial charge in [0, 0.05) is 29.5 Å². The third-order valence-electron chi connectivity index (χ3n) is 5.72. The predicted octanol–water partition coefficient (Wildman–Crippen LogP) is 5.06. The molecule has 0 radical (unpaired) electrons. The van der Waals surface area contributed by atoms with E-state index in [4.69, 9.17) is 12.2 Å². The molecule has 0 spiro atoms. The molecule has 4 heterocycles. The first-order valence-corrected chi connectivity index (χ1v) is 10.7. The van der Waals surface area contributed by atoms with Crippen molar-refractivity contribution >= 4 is 23.0 Å². The molecule has 4 aromatic rings. The van der Waals surface area contributed by atoms with Crippen LogP contribution in [0.25, 0.3) is 5.69 Å². The highest BCUT2D eigenvalue weighted by Gasteiger charge is 2.42. The van der Waals surface area contributed by atoms with Crippen molar-refractivity contribution < 1.29 is 0 Å². The number of nitrogens with one attached hydrogen (secondary N) is 1. The molecule has 6 heteroatoms. The molecule has 31 heavy (non-hydrogen) atoms. The van der Waals surface area contributed by atoms with Crippen LogP contribution in [0.5, 0.6) is 0 Å². The molecule has 1 saturated heterocycles. The quantitative estimate of drug-likeness (QED) is 0.463. The summed E-state index contributed by atoms with van der Waals surface area (Å²) in [6.07, 6.45) is 5.52. The zero-order valence-corrected chi connectivity index (χ0v) is 18.3. The Morgan fingerprint density at radius 2 is 1.71 bits per heavy atom. The largest absolute Gasteiger partial charge is 0.351 e. The topological polar surface area (TPSA) is 46.0 Å². The Morgan fingerprint density at radius 1 is 0.871 bits per heavy atom. The van der Waals surface area contributed by atoms with Gasteiger partial charge in [0.2, 0.25) is 0 Å². The minimum Gasteiger partial charge on any atom is -0.351 e. The van der Waals surface area contributed by atoms with Crippen LogP contribution in [0.1, 0.15) is 34.7 Å². The number of hydrogen-bond acceptors (Lipinski definition) is 3. The molecule has 1 aromatic carbocycles. The normalized spacial score (nSPS) is 18.3. The fraction of sp³-hybridized carbons (Fsp3) is 0.160. The molecule has 3 aromatic heterocycles. The lowest BCUT2D eigenvalue weighted by Crippen LogP contribution is -2.30. The van der Waals surface area contributed by atoms with E-state index in [0.717, 1.165) is 28.5 Å². The second-order valence-corrected chi connectivity index (χ2v) is 8.17. The van der Waals surface area contributed by atoms with E-state index >= 15 is 0 Å². The highest BCUT2D eigenvalue weighted by atomic mass is 32.1. The number of aromatic nitrogens is 3. The molecule has 5 nitrogen and oxygen atoms in total. The van der Waals surface area contributed by atoms with Gasteiger partial charge in [-0.25, -0.2) is 0 Å². The lowest BCUT2D eigenvalue weighted by molar-refractivity contribution is 0.548. The monoisotopic (exact) mass is 425 g/mol. The first-order chi connectivity index (χ1) is 15.1. The van der Waals surface area contributed by atoms with Gasteiger partial charge >= 0.3 is 0 Å². The molecule has 2 atom stereocenters. The van der Waals surface area contributed by atoms with Crippen LogP contribution in [0.2, 0.25) is 0 Å². The van der Waals surface area contributed by atoms with E-state index in [1.165, 1.54) is 5.56 Å². The lowest BCUT2D eigenvalue weighted by atomic mass is 10.0. The molecule has 5 rings (SSSR count). The number of hydrogen-bond donors (Lipinski definition) is 1. The van der Waals surface area contributed by atoms with Crippen molar-refractivity contribution in [3.8, 4) is 5.69 Å². The van der Waals surface area contributed by atoms with E-state index in [1.807, 2.05) is 30.6 Å². The van der Waals surface area contributed by atoms with Gasteiger partial charge in [-0.3, -0.25) is 9.97 Å². The van der Waals surface area contributed by atoms with Crippen LogP contribution >= 0.6 is 12.2 Å². The van der Waals surface area contributed by atoms with Gasteiger partial charge in [-0.1, -0.05) is 23.8 Å². The Balaban J connectivity index is 1.70. The number of aryl methyl sites for hydroxylation is 2. The minimum atomic E-state index is -0.0836. The maximum absolute atomic E-state index is 5.84. The third-order valence-corrected chi connectivity index (χ3v) is 6.04. The van der Waals surface area contributed by atoms with Crippen molar-refractivity contribution in [2.75, 3.05) is 4.90 Å². The van der Waals surface area contributed by atoms with E-state index in [-0.39, 0.29) is 12.1 Å². The summed E-state index contributed by atoms with van der Waals surface area (Å²) >= 11 is 5.84. The number of nitrogens with zero attached hydrogens (tertiary/aromatic N) is 4. The summed E-state index contributed by atoms with van der Waals surface area (Å²) in [7, 11) is 0. The Kier molecular flexibility index (Phi) is 5.00. The molecule has 0 amide bonds. The molecular formula is C25H23N5S.